The van der Waals surface area contributed by atoms with Crippen molar-refractivity contribution in [2.45, 2.75) is 6.92 Å². The third-order valence-corrected chi connectivity index (χ3v) is 0.517. The lowest BCUT2D eigenvalue weighted by Crippen LogP contribution is -1.86. The molecule has 0 N–H and O–H groups in total. The summed E-state index contributed by atoms with van der Waals surface area (Å²) in [5.41, 5.74) is 1.06. The molecule has 12 heavy (non-hydrogen) atoms. The largest absolute Gasteiger partial charge is 0.229 e. The minimum absolute atomic E-state index is 1.06. The van der Waals surface area contributed by atoms with Crippen LogP contribution in [0.15, 0.2) is 37.0 Å². The first-order valence-corrected chi connectivity index (χ1v) is 5.67. The van der Waals surface area contributed by atoms with Crippen molar-refractivity contribution < 1.29 is 8.42 Å². The highest BCUT2D eigenvalue weighted by Crippen LogP contribution is 1.86. The van der Waals surface area contributed by atoms with Crippen LogP contribution in [0.2, 0.25) is 0 Å². The molecule has 0 aromatic heterocycles. The summed E-state index contributed by atoms with van der Waals surface area (Å²) < 4.78 is 19.3. The highest BCUT2D eigenvalue weighted by atomic mass is 32.2. The van der Waals surface area contributed by atoms with E-state index in [1.807, 2.05) is 19.1 Å². The Bertz CT molecular complexity index is 250. The van der Waals surface area contributed by atoms with Crippen molar-refractivity contribution in [3.8, 4) is 0 Å². The van der Waals surface area contributed by atoms with Gasteiger partial charge in [0.1, 0.15) is 9.84 Å². The van der Waals surface area contributed by atoms with Crippen LogP contribution in [0.1, 0.15) is 6.92 Å². The van der Waals surface area contributed by atoms with E-state index >= 15 is 0 Å². The quantitative estimate of drug-likeness (QED) is 0.621. The van der Waals surface area contributed by atoms with E-state index in [4.69, 9.17) is 0 Å². The molecule has 0 aliphatic rings. The van der Waals surface area contributed by atoms with E-state index in [1.165, 1.54) is 0 Å². The zero-order chi connectivity index (χ0) is 10.2. The van der Waals surface area contributed by atoms with Gasteiger partial charge in [-0.05, 0) is 6.92 Å². The van der Waals surface area contributed by atoms with Gasteiger partial charge in [0.25, 0.3) is 0 Å². The Morgan fingerprint density at radius 1 is 1.33 bits per heavy atom. The summed E-state index contributed by atoms with van der Waals surface area (Å²) in [6.07, 6.45) is 7.82. The number of hydrogen-bond donors (Lipinski definition) is 0. The first-order valence-electron chi connectivity index (χ1n) is 3.37. The van der Waals surface area contributed by atoms with E-state index in [1.54, 1.807) is 6.08 Å². The van der Waals surface area contributed by atoms with Crippen LogP contribution in [0.5, 0.6) is 0 Å². The molecule has 0 unspecified atom stereocenters. The molecule has 2 nitrogen and oxygen atoms in total. The van der Waals surface area contributed by atoms with Crippen molar-refractivity contribution in [2.24, 2.45) is 0 Å². The van der Waals surface area contributed by atoms with Gasteiger partial charge in [0.15, 0.2) is 0 Å². The molecule has 0 aliphatic carbocycles. The molecular formula is C9H16O2S. The number of rotatable bonds is 2. The molecular weight excluding hydrogens is 172 g/mol. The molecule has 0 aliphatic heterocycles. The molecule has 3 heteroatoms. The van der Waals surface area contributed by atoms with Crippen LogP contribution in [0, 0.1) is 0 Å². The van der Waals surface area contributed by atoms with Crippen molar-refractivity contribution in [1.82, 2.24) is 0 Å². The van der Waals surface area contributed by atoms with Crippen LogP contribution < -0.4 is 0 Å². The smallest absolute Gasteiger partial charge is 0.144 e. The van der Waals surface area contributed by atoms with Crippen LogP contribution in [0.3, 0.4) is 0 Å². The molecule has 0 aromatic carbocycles. The average Bonchev–Trinajstić information content (AvgIpc) is 1.79. The molecule has 0 radical (unpaired) electrons. The topological polar surface area (TPSA) is 34.1 Å². The van der Waals surface area contributed by atoms with E-state index in [9.17, 15) is 8.42 Å². The van der Waals surface area contributed by atoms with Crippen LogP contribution in [-0.4, -0.2) is 20.9 Å². The maximum atomic E-state index is 9.63. The molecule has 70 valence electrons. The Morgan fingerprint density at radius 2 is 1.67 bits per heavy atom. The van der Waals surface area contributed by atoms with Crippen molar-refractivity contribution in [2.75, 3.05) is 12.5 Å². The zero-order valence-corrected chi connectivity index (χ0v) is 8.69. The minimum Gasteiger partial charge on any atom is -0.229 e. The second-order valence-corrected chi connectivity index (χ2v) is 4.87. The van der Waals surface area contributed by atoms with E-state index in [0.29, 0.717) is 0 Å². The van der Waals surface area contributed by atoms with E-state index in [2.05, 4.69) is 13.2 Å². The molecule has 0 saturated heterocycles. The van der Waals surface area contributed by atoms with Crippen LogP contribution in [0.4, 0.5) is 0 Å². The molecule has 0 fully saturated rings. The van der Waals surface area contributed by atoms with Crippen molar-refractivity contribution in [3.05, 3.63) is 37.0 Å². The van der Waals surface area contributed by atoms with Crippen molar-refractivity contribution in [3.63, 3.8) is 0 Å². The molecule has 0 saturated carbocycles. The van der Waals surface area contributed by atoms with Gasteiger partial charge >= 0.3 is 0 Å². The number of sulfone groups is 1. The highest BCUT2D eigenvalue weighted by Gasteiger charge is 1.79. The lowest BCUT2D eigenvalue weighted by molar-refractivity contribution is 0.607. The normalized spacial score (nSPS) is 10.2. The summed E-state index contributed by atoms with van der Waals surface area (Å²) in [6.45, 7) is 9.11. The third-order valence-electron chi connectivity index (χ3n) is 0.517. The predicted octanol–water partition coefficient (Wildman–Crippen LogP) is 1.97. The second kappa shape index (κ2) is 6.85. The molecule has 0 bridgehead atoms. The van der Waals surface area contributed by atoms with Crippen molar-refractivity contribution >= 4 is 9.84 Å². The zero-order valence-electron chi connectivity index (χ0n) is 7.87. The lowest BCUT2D eigenvalue weighted by atomic mass is 10.3. The standard InChI is InChI=1S/C7H10.C2H6O2S/c1-4-5-6-7(2)3;1-5(2,3)4/h4-6H,1-2H2,3H3;1-2H3/b6-5-;. The fourth-order valence-electron chi connectivity index (χ4n) is 0.232. The first-order chi connectivity index (χ1) is 5.27. The first kappa shape index (κ1) is 13.7. The van der Waals surface area contributed by atoms with Gasteiger partial charge in [0.2, 0.25) is 0 Å². The Labute approximate surface area is 75.2 Å². The minimum atomic E-state index is -2.67. The van der Waals surface area contributed by atoms with Crippen LogP contribution >= 0.6 is 0 Å². The van der Waals surface area contributed by atoms with Crippen molar-refractivity contribution in [1.29, 1.82) is 0 Å². The monoisotopic (exact) mass is 188 g/mol. The Kier molecular flexibility index (Phi) is 7.85. The van der Waals surface area contributed by atoms with Gasteiger partial charge in [-0.2, -0.15) is 0 Å². The summed E-state index contributed by atoms with van der Waals surface area (Å²) in [7, 11) is -2.67. The van der Waals surface area contributed by atoms with Gasteiger partial charge in [0, 0.05) is 12.5 Å². The van der Waals surface area contributed by atoms with E-state index < -0.39 is 9.84 Å². The van der Waals surface area contributed by atoms with Gasteiger partial charge in [0.05, 0.1) is 0 Å². The Hall–Kier alpha value is -0.830. The Morgan fingerprint density at radius 3 is 1.75 bits per heavy atom. The molecule has 0 aromatic rings. The molecule has 0 rings (SSSR count). The number of hydrogen-bond acceptors (Lipinski definition) is 2. The maximum absolute atomic E-state index is 9.63. The van der Waals surface area contributed by atoms with Gasteiger partial charge in [-0.15, -0.1) is 0 Å². The van der Waals surface area contributed by atoms with Gasteiger partial charge in [-0.25, -0.2) is 8.42 Å². The summed E-state index contributed by atoms with van der Waals surface area (Å²) >= 11 is 0. The van der Waals surface area contributed by atoms with E-state index in [0.717, 1.165) is 18.1 Å². The summed E-state index contributed by atoms with van der Waals surface area (Å²) in [6, 6.07) is 0. The van der Waals surface area contributed by atoms with Gasteiger partial charge < -0.3 is 0 Å². The van der Waals surface area contributed by atoms with Gasteiger partial charge in [-0.1, -0.05) is 37.0 Å². The van der Waals surface area contributed by atoms with Crippen LogP contribution in [0.25, 0.3) is 0 Å². The molecule has 0 amide bonds. The highest BCUT2D eigenvalue weighted by molar-refractivity contribution is 7.89. The van der Waals surface area contributed by atoms with Crippen LogP contribution in [-0.2, 0) is 9.84 Å². The summed E-state index contributed by atoms with van der Waals surface area (Å²) in [5, 5.41) is 0. The molecule has 0 atom stereocenters. The third kappa shape index (κ3) is 60.9. The SMILES string of the molecule is C=C/C=C\C(=C)C.CS(C)(=O)=O. The number of allylic oxidation sites excluding steroid dienone is 4. The van der Waals surface area contributed by atoms with E-state index in [-0.39, 0.29) is 0 Å². The second-order valence-electron chi connectivity index (χ2n) is 2.58. The predicted molar refractivity (Wildman–Crippen MR) is 54.9 cm³/mol. The van der Waals surface area contributed by atoms with Gasteiger partial charge in [-0.3, -0.25) is 0 Å². The average molecular weight is 188 g/mol. The molecule has 0 spiro atoms. The summed E-state index contributed by atoms with van der Waals surface area (Å²) in [5.74, 6) is 0. The fraction of sp³-hybridized carbons (Fsp3) is 0.333. The summed E-state index contributed by atoms with van der Waals surface area (Å²) in [4.78, 5) is 0. The lowest BCUT2D eigenvalue weighted by Gasteiger charge is -1.77. The maximum Gasteiger partial charge on any atom is 0.144 e. The Balaban J connectivity index is 0. The molecule has 0 heterocycles. The fourth-order valence-corrected chi connectivity index (χ4v) is 0.232.